The molecule has 25 heavy (non-hydrogen) atoms. The van der Waals surface area contributed by atoms with Crippen LogP contribution in [-0.2, 0) is 4.74 Å². The van der Waals surface area contributed by atoms with Crippen LogP contribution >= 0.6 is 23.1 Å². The van der Waals surface area contributed by atoms with E-state index in [-0.39, 0.29) is 16.8 Å². The van der Waals surface area contributed by atoms with Gasteiger partial charge in [-0.2, -0.15) is 0 Å². The first-order chi connectivity index (χ1) is 12.2. The van der Waals surface area contributed by atoms with Gasteiger partial charge in [-0.05, 0) is 54.7 Å². The van der Waals surface area contributed by atoms with Gasteiger partial charge in [0.25, 0.3) is 0 Å². The number of rotatable bonds is 2. The number of carbonyl (C=O) groups excluding carboxylic acids is 1. The Labute approximate surface area is 154 Å². The number of aromatic amines is 1. The average Bonchev–Trinajstić information content (AvgIpc) is 3.33. The van der Waals surface area contributed by atoms with Crippen molar-refractivity contribution in [3.63, 3.8) is 0 Å². The van der Waals surface area contributed by atoms with E-state index in [9.17, 15) is 9.59 Å². The van der Waals surface area contributed by atoms with E-state index in [1.54, 1.807) is 0 Å². The molecule has 1 N–H and O–H groups in total. The standard InChI is InChI=1S/C19H19NO3S2/c1-23-18(21)10-4-2-9(3-5-10)13-14-11-6-7-12(8-11)15(14)24-17-16(13)25-19(22)20-17/h2-5,11-15H,6-8H2,1H3,(H,20,22)/t11-,12+,13-,14+,15-/m0/s1. The molecule has 130 valence electrons. The number of hydrogen-bond acceptors (Lipinski definition) is 5. The minimum Gasteiger partial charge on any atom is -0.465 e. The van der Waals surface area contributed by atoms with Gasteiger partial charge in [-0.15, -0.1) is 11.8 Å². The van der Waals surface area contributed by atoms with Crippen LogP contribution in [-0.4, -0.2) is 23.3 Å². The Balaban J connectivity index is 1.60. The molecule has 5 atom stereocenters. The summed E-state index contributed by atoms with van der Waals surface area (Å²) in [6.45, 7) is 0. The number of thioether (sulfide) groups is 1. The Morgan fingerprint density at radius 1 is 1.20 bits per heavy atom. The Bertz CT molecular complexity index is 885. The topological polar surface area (TPSA) is 59.2 Å². The number of benzene rings is 1. The summed E-state index contributed by atoms with van der Waals surface area (Å²) in [6, 6.07) is 7.79. The zero-order chi connectivity index (χ0) is 17.1. The number of carbonyl (C=O) groups is 1. The van der Waals surface area contributed by atoms with E-state index in [1.165, 1.54) is 48.1 Å². The highest BCUT2D eigenvalue weighted by Gasteiger charge is 2.54. The van der Waals surface area contributed by atoms with Gasteiger partial charge in [0.2, 0.25) is 0 Å². The number of ether oxygens (including phenoxy) is 1. The van der Waals surface area contributed by atoms with Gasteiger partial charge in [-0.3, -0.25) is 4.79 Å². The van der Waals surface area contributed by atoms with Gasteiger partial charge in [0.15, 0.2) is 0 Å². The zero-order valence-corrected chi connectivity index (χ0v) is 15.5. The lowest BCUT2D eigenvalue weighted by molar-refractivity contribution is 0.0600. The summed E-state index contributed by atoms with van der Waals surface area (Å²) < 4.78 is 4.80. The van der Waals surface area contributed by atoms with Gasteiger partial charge in [0.05, 0.1) is 17.7 Å². The Morgan fingerprint density at radius 2 is 1.96 bits per heavy atom. The molecule has 6 heteroatoms. The maximum Gasteiger partial charge on any atom is 0.337 e. The Morgan fingerprint density at radius 3 is 2.72 bits per heavy atom. The van der Waals surface area contributed by atoms with E-state index in [2.05, 4.69) is 4.98 Å². The lowest BCUT2D eigenvalue weighted by atomic mass is 9.75. The highest BCUT2D eigenvalue weighted by atomic mass is 32.2. The SMILES string of the molecule is COC(=O)c1ccc([C@@H]2c3sc(=O)[nH]c3S[C@H]3[C@@H]4CC[C@@H](C4)[C@H]23)cc1. The second-order valence-corrected chi connectivity index (χ2v) is 9.50. The first-order valence-corrected chi connectivity index (χ1v) is 10.4. The predicted octanol–water partition coefficient (Wildman–Crippen LogP) is 3.88. The molecule has 3 aliphatic rings. The molecule has 4 nitrogen and oxygen atoms in total. The van der Waals surface area contributed by atoms with Crippen LogP contribution in [0, 0.1) is 17.8 Å². The van der Waals surface area contributed by atoms with Crippen molar-refractivity contribution in [3.05, 3.63) is 49.9 Å². The van der Waals surface area contributed by atoms with Gasteiger partial charge in [0.1, 0.15) is 0 Å². The summed E-state index contributed by atoms with van der Waals surface area (Å²) in [4.78, 5) is 28.0. The minimum absolute atomic E-state index is 0.0426. The van der Waals surface area contributed by atoms with Crippen LogP contribution in [0.3, 0.4) is 0 Å². The molecule has 0 unspecified atom stereocenters. The summed E-state index contributed by atoms with van der Waals surface area (Å²) in [5.74, 6) is 2.11. The second kappa shape index (κ2) is 5.74. The van der Waals surface area contributed by atoms with Gasteiger partial charge in [-0.25, -0.2) is 4.79 Å². The van der Waals surface area contributed by atoms with Crippen LogP contribution < -0.4 is 4.87 Å². The van der Waals surface area contributed by atoms with E-state index in [0.717, 1.165) is 16.9 Å². The third kappa shape index (κ3) is 2.34. The van der Waals surface area contributed by atoms with Crippen LogP contribution in [0.25, 0.3) is 0 Å². The molecule has 1 aliphatic heterocycles. The summed E-state index contributed by atoms with van der Waals surface area (Å²) >= 11 is 3.26. The van der Waals surface area contributed by atoms with Crippen LogP contribution in [0.2, 0.25) is 0 Å². The molecule has 2 saturated carbocycles. The van der Waals surface area contributed by atoms with Crippen molar-refractivity contribution in [1.82, 2.24) is 4.98 Å². The molecule has 0 radical (unpaired) electrons. The summed E-state index contributed by atoms with van der Waals surface area (Å²) in [7, 11) is 1.40. The fourth-order valence-corrected chi connectivity index (χ4v) is 8.06. The van der Waals surface area contributed by atoms with E-state index in [4.69, 9.17) is 4.74 Å². The molecular weight excluding hydrogens is 354 g/mol. The fourth-order valence-electron chi connectivity index (χ4n) is 5.17. The fraction of sp³-hybridized carbons (Fsp3) is 0.474. The number of fused-ring (bicyclic) bond motifs is 6. The predicted molar refractivity (Wildman–Crippen MR) is 98.5 cm³/mol. The number of H-pyrrole nitrogens is 1. The second-order valence-electron chi connectivity index (χ2n) is 7.29. The molecule has 2 heterocycles. The largest absolute Gasteiger partial charge is 0.465 e. The molecule has 5 rings (SSSR count). The molecular formula is C19H19NO3S2. The molecule has 0 spiro atoms. The number of hydrogen-bond donors (Lipinski definition) is 1. The maximum atomic E-state index is 12.0. The van der Waals surface area contributed by atoms with E-state index < -0.39 is 0 Å². The Hall–Kier alpha value is -1.53. The molecule has 0 amide bonds. The number of esters is 1. The van der Waals surface area contributed by atoms with Crippen molar-refractivity contribution >= 4 is 29.1 Å². The van der Waals surface area contributed by atoms with Crippen LogP contribution in [0.1, 0.15) is 46.0 Å². The highest BCUT2D eigenvalue weighted by molar-refractivity contribution is 8.00. The van der Waals surface area contributed by atoms with Gasteiger partial charge < -0.3 is 9.72 Å². The van der Waals surface area contributed by atoms with Crippen molar-refractivity contribution in [2.24, 2.45) is 17.8 Å². The summed E-state index contributed by atoms with van der Waals surface area (Å²) in [5, 5.41) is 1.69. The van der Waals surface area contributed by atoms with E-state index >= 15 is 0 Å². The number of thiazole rings is 1. The summed E-state index contributed by atoms with van der Waals surface area (Å²) in [6.07, 6.45) is 3.98. The molecule has 2 aromatic rings. The summed E-state index contributed by atoms with van der Waals surface area (Å²) in [5.41, 5.74) is 1.79. The molecule has 1 aromatic carbocycles. The first kappa shape index (κ1) is 15.7. The van der Waals surface area contributed by atoms with Gasteiger partial charge >= 0.3 is 10.8 Å². The lowest BCUT2D eigenvalue weighted by Crippen LogP contribution is -2.33. The van der Waals surface area contributed by atoms with Crippen LogP contribution in [0.5, 0.6) is 0 Å². The lowest BCUT2D eigenvalue weighted by Gasteiger charge is -2.40. The molecule has 2 aliphatic carbocycles. The van der Waals surface area contributed by atoms with Crippen LogP contribution in [0.15, 0.2) is 34.1 Å². The number of nitrogens with one attached hydrogen (secondary N) is 1. The smallest absolute Gasteiger partial charge is 0.337 e. The monoisotopic (exact) mass is 373 g/mol. The van der Waals surface area contributed by atoms with E-state index in [1.807, 2.05) is 36.0 Å². The molecule has 2 fully saturated rings. The van der Waals surface area contributed by atoms with Crippen molar-refractivity contribution in [3.8, 4) is 0 Å². The van der Waals surface area contributed by atoms with Crippen molar-refractivity contribution in [2.45, 2.75) is 35.5 Å². The maximum absolute atomic E-state index is 12.0. The van der Waals surface area contributed by atoms with Gasteiger partial charge in [0, 0.05) is 16.0 Å². The Kier molecular flexibility index (Phi) is 3.61. The highest BCUT2D eigenvalue weighted by Crippen LogP contribution is 2.63. The van der Waals surface area contributed by atoms with Crippen LogP contribution in [0.4, 0.5) is 0 Å². The van der Waals surface area contributed by atoms with Crippen molar-refractivity contribution in [2.75, 3.05) is 7.11 Å². The number of aromatic nitrogens is 1. The number of methoxy groups -OCH3 is 1. The third-order valence-corrected chi connectivity index (χ3v) is 8.78. The first-order valence-electron chi connectivity index (χ1n) is 8.73. The quantitative estimate of drug-likeness (QED) is 0.812. The molecule has 1 aromatic heterocycles. The average molecular weight is 373 g/mol. The molecule has 2 bridgehead atoms. The normalized spacial score (nSPS) is 32.3. The minimum atomic E-state index is -0.310. The van der Waals surface area contributed by atoms with E-state index in [0.29, 0.717) is 16.7 Å². The zero-order valence-electron chi connectivity index (χ0n) is 13.9. The van der Waals surface area contributed by atoms with Crippen molar-refractivity contribution in [1.29, 1.82) is 0 Å². The van der Waals surface area contributed by atoms with Crippen molar-refractivity contribution < 1.29 is 9.53 Å². The molecule has 0 saturated heterocycles. The van der Waals surface area contributed by atoms with Gasteiger partial charge in [-0.1, -0.05) is 23.5 Å². The third-order valence-electron chi connectivity index (χ3n) is 6.16.